The number of nitro benzene ring substituents is 1. The number of thiocarbonyl (C=S) groups is 1. The summed E-state index contributed by atoms with van der Waals surface area (Å²) in [6, 6.07) is 12.6. The number of benzene rings is 2. The summed E-state index contributed by atoms with van der Waals surface area (Å²) in [6.07, 6.45) is 0. The first kappa shape index (κ1) is 21.4. The Morgan fingerprint density at radius 1 is 1.13 bits per heavy atom. The van der Waals surface area contributed by atoms with E-state index < -0.39 is 16.7 Å². The second-order valence-corrected chi connectivity index (χ2v) is 7.58. The number of ether oxygens (including phenoxy) is 1. The zero-order chi connectivity index (χ0) is 21.7. The molecule has 3 N–H and O–H groups in total. The van der Waals surface area contributed by atoms with Gasteiger partial charge in [-0.25, -0.2) is 0 Å². The maximum Gasteiger partial charge on any atom is 0.281 e. The number of non-ortho nitro benzene ring substituents is 1. The van der Waals surface area contributed by atoms with Gasteiger partial charge in [0.1, 0.15) is 10.6 Å². The number of halogens is 1. The van der Waals surface area contributed by atoms with E-state index in [4.69, 9.17) is 28.6 Å². The number of thiophene rings is 1. The van der Waals surface area contributed by atoms with Gasteiger partial charge in [-0.15, -0.1) is 11.3 Å². The molecular formula is C18H13ClN4O5S2. The van der Waals surface area contributed by atoms with Crippen molar-refractivity contribution in [2.24, 2.45) is 0 Å². The minimum atomic E-state index is -0.583. The Bertz CT molecular complexity index is 1130. The van der Waals surface area contributed by atoms with E-state index in [0.29, 0.717) is 9.90 Å². The topological polar surface area (TPSA) is 123 Å². The van der Waals surface area contributed by atoms with Crippen molar-refractivity contribution in [2.75, 3.05) is 6.61 Å². The molecule has 0 aliphatic carbocycles. The average Bonchev–Trinajstić information content (AvgIpc) is 3.07. The molecule has 0 radical (unpaired) electrons. The number of nitrogens with zero attached hydrogens (tertiary/aromatic N) is 1. The third-order valence-electron chi connectivity index (χ3n) is 3.70. The van der Waals surface area contributed by atoms with Gasteiger partial charge in [0.2, 0.25) is 0 Å². The van der Waals surface area contributed by atoms with Crippen LogP contribution in [0.4, 0.5) is 5.69 Å². The molecule has 2 aromatic carbocycles. The van der Waals surface area contributed by atoms with Crippen LogP contribution in [-0.4, -0.2) is 28.5 Å². The summed E-state index contributed by atoms with van der Waals surface area (Å²) in [6.45, 7) is -0.379. The summed E-state index contributed by atoms with van der Waals surface area (Å²) in [7, 11) is 0. The van der Waals surface area contributed by atoms with Gasteiger partial charge >= 0.3 is 0 Å². The Labute approximate surface area is 184 Å². The van der Waals surface area contributed by atoms with Gasteiger partial charge in [0, 0.05) is 22.2 Å². The number of amides is 2. The molecule has 30 heavy (non-hydrogen) atoms. The van der Waals surface area contributed by atoms with E-state index in [1.807, 2.05) is 24.3 Å². The molecule has 3 aromatic rings. The standard InChI is InChI=1S/C18H13ClN4O5S2/c19-15-12-3-1-2-4-13(12)30-16(15)17(25)21-22-18(29)20-14(24)9-28-11-7-5-10(6-8-11)23(26)27/h1-8H,9H2,(H,21,25)(H2,20,22,24,29). The van der Waals surface area contributed by atoms with Gasteiger partial charge in [0.15, 0.2) is 11.7 Å². The van der Waals surface area contributed by atoms with Crippen molar-refractivity contribution >= 4 is 67.9 Å². The highest BCUT2D eigenvalue weighted by Crippen LogP contribution is 2.34. The number of nitrogens with one attached hydrogen (secondary N) is 3. The van der Waals surface area contributed by atoms with E-state index >= 15 is 0 Å². The molecule has 1 aromatic heterocycles. The van der Waals surface area contributed by atoms with E-state index in [2.05, 4.69) is 16.2 Å². The number of hydrazine groups is 1. The lowest BCUT2D eigenvalue weighted by Crippen LogP contribution is -2.49. The third kappa shape index (κ3) is 5.20. The first-order valence-corrected chi connectivity index (χ1v) is 9.90. The Balaban J connectivity index is 1.46. The first-order chi connectivity index (χ1) is 14.3. The number of hydrogen-bond donors (Lipinski definition) is 3. The Kier molecular flexibility index (Phi) is 6.77. The summed E-state index contributed by atoms with van der Waals surface area (Å²) >= 11 is 12.4. The van der Waals surface area contributed by atoms with Gasteiger partial charge in [-0.2, -0.15) is 0 Å². The molecule has 0 aliphatic rings. The molecule has 154 valence electrons. The molecular weight excluding hydrogens is 452 g/mol. The molecule has 12 heteroatoms. The SMILES string of the molecule is O=C(COc1ccc([N+](=O)[O-])cc1)NC(=S)NNC(=O)c1sc2ccccc2c1Cl. The fourth-order valence-corrected chi connectivity index (χ4v) is 3.91. The van der Waals surface area contributed by atoms with Gasteiger partial charge in [-0.1, -0.05) is 29.8 Å². The van der Waals surface area contributed by atoms with E-state index in [1.54, 1.807) is 0 Å². The predicted octanol–water partition coefficient (Wildman–Crippen LogP) is 3.18. The van der Waals surface area contributed by atoms with Crippen molar-refractivity contribution < 1.29 is 19.2 Å². The normalized spacial score (nSPS) is 10.3. The predicted molar refractivity (Wildman–Crippen MR) is 117 cm³/mol. The summed E-state index contributed by atoms with van der Waals surface area (Å²) in [4.78, 5) is 34.6. The van der Waals surface area contributed by atoms with Crippen LogP contribution in [-0.2, 0) is 4.79 Å². The highest BCUT2D eigenvalue weighted by molar-refractivity contribution is 7.80. The largest absolute Gasteiger partial charge is 0.484 e. The van der Waals surface area contributed by atoms with Crippen molar-refractivity contribution in [3.8, 4) is 5.75 Å². The van der Waals surface area contributed by atoms with Gasteiger partial charge in [0.05, 0.1) is 9.95 Å². The summed E-state index contributed by atoms with van der Waals surface area (Å²) in [5.74, 6) is -0.803. The highest BCUT2D eigenvalue weighted by Gasteiger charge is 2.17. The van der Waals surface area contributed by atoms with Crippen LogP contribution in [0.2, 0.25) is 5.02 Å². The van der Waals surface area contributed by atoms with Crippen LogP contribution < -0.4 is 20.9 Å². The maximum absolute atomic E-state index is 12.3. The highest BCUT2D eigenvalue weighted by atomic mass is 35.5. The van der Waals surface area contributed by atoms with Crippen LogP contribution in [0, 0.1) is 10.1 Å². The van der Waals surface area contributed by atoms with Crippen LogP contribution in [0.1, 0.15) is 9.67 Å². The fraction of sp³-hybridized carbons (Fsp3) is 0.0556. The van der Waals surface area contributed by atoms with E-state index in [-0.39, 0.29) is 23.2 Å². The molecule has 0 saturated carbocycles. The maximum atomic E-state index is 12.3. The third-order valence-corrected chi connectivity index (χ3v) is 5.58. The number of carbonyl (C=O) groups is 2. The Morgan fingerprint density at radius 2 is 1.83 bits per heavy atom. The minimum Gasteiger partial charge on any atom is -0.484 e. The molecule has 1 heterocycles. The lowest BCUT2D eigenvalue weighted by Gasteiger charge is -2.11. The lowest BCUT2D eigenvalue weighted by atomic mass is 10.2. The van der Waals surface area contributed by atoms with Crippen molar-refractivity contribution in [3.05, 3.63) is 68.5 Å². The second kappa shape index (κ2) is 9.48. The van der Waals surface area contributed by atoms with Gasteiger partial charge in [-0.3, -0.25) is 35.9 Å². The zero-order valence-corrected chi connectivity index (χ0v) is 17.4. The van der Waals surface area contributed by atoms with Crippen LogP contribution in [0.15, 0.2) is 48.5 Å². The molecule has 0 fully saturated rings. The van der Waals surface area contributed by atoms with Gasteiger partial charge in [0.25, 0.3) is 17.5 Å². The number of rotatable bonds is 5. The molecule has 0 aliphatic heterocycles. The quantitative estimate of drug-likeness (QED) is 0.301. The molecule has 9 nitrogen and oxygen atoms in total. The van der Waals surface area contributed by atoms with Crippen molar-refractivity contribution in [2.45, 2.75) is 0 Å². The molecule has 0 spiro atoms. The molecule has 2 amide bonds. The van der Waals surface area contributed by atoms with Crippen LogP contribution >= 0.6 is 35.2 Å². The second-order valence-electron chi connectivity index (χ2n) is 5.74. The summed E-state index contributed by atoms with van der Waals surface area (Å²) in [5, 5.41) is 13.9. The van der Waals surface area contributed by atoms with Crippen molar-refractivity contribution in [1.82, 2.24) is 16.2 Å². The van der Waals surface area contributed by atoms with Gasteiger partial charge < -0.3 is 4.74 Å². The minimum absolute atomic E-state index is 0.0911. The van der Waals surface area contributed by atoms with Crippen molar-refractivity contribution in [3.63, 3.8) is 0 Å². The number of hydrogen-bond acceptors (Lipinski definition) is 7. The first-order valence-electron chi connectivity index (χ1n) is 8.29. The Hall–Kier alpha value is -3.28. The molecule has 0 bridgehead atoms. The van der Waals surface area contributed by atoms with Crippen LogP contribution in [0.25, 0.3) is 10.1 Å². The summed E-state index contributed by atoms with van der Waals surface area (Å²) in [5.41, 5.74) is 4.70. The smallest absolute Gasteiger partial charge is 0.281 e. The molecule has 0 atom stereocenters. The van der Waals surface area contributed by atoms with E-state index in [1.165, 1.54) is 35.6 Å². The fourth-order valence-electron chi connectivity index (χ4n) is 2.34. The lowest BCUT2D eigenvalue weighted by molar-refractivity contribution is -0.384. The van der Waals surface area contributed by atoms with Crippen LogP contribution in [0.3, 0.4) is 0 Å². The monoisotopic (exact) mass is 464 g/mol. The molecule has 0 saturated heterocycles. The van der Waals surface area contributed by atoms with Crippen LogP contribution in [0.5, 0.6) is 5.75 Å². The molecule has 3 rings (SSSR count). The molecule has 0 unspecified atom stereocenters. The average molecular weight is 465 g/mol. The van der Waals surface area contributed by atoms with E-state index in [0.717, 1.165) is 10.1 Å². The number of nitro groups is 1. The number of fused-ring (bicyclic) bond motifs is 1. The number of carbonyl (C=O) groups excluding carboxylic acids is 2. The van der Waals surface area contributed by atoms with Gasteiger partial charge in [-0.05, 0) is 30.4 Å². The Morgan fingerprint density at radius 3 is 2.50 bits per heavy atom. The van der Waals surface area contributed by atoms with E-state index in [9.17, 15) is 19.7 Å². The van der Waals surface area contributed by atoms with Crippen molar-refractivity contribution in [1.29, 1.82) is 0 Å². The summed E-state index contributed by atoms with van der Waals surface area (Å²) < 4.78 is 6.09. The zero-order valence-electron chi connectivity index (χ0n) is 15.0.